The molecule has 0 aliphatic carbocycles. The third kappa shape index (κ3) is 11.8. The molecule has 0 unspecified atom stereocenters. The number of aromatic nitrogens is 8. The van der Waals surface area contributed by atoms with Crippen molar-refractivity contribution >= 4 is 109 Å². The van der Waals surface area contributed by atoms with Gasteiger partial charge in [0.05, 0.1) is 72.6 Å². The topological polar surface area (TPSA) is 71.3 Å². The van der Waals surface area contributed by atoms with Crippen molar-refractivity contribution in [3.8, 4) is 113 Å². The highest BCUT2D eigenvalue weighted by Gasteiger charge is 2.25. The summed E-state index contributed by atoms with van der Waals surface area (Å²) < 4.78 is 9.76. The van der Waals surface area contributed by atoms with Crippen LogP contribution in [0.5, 0.6) is 0 Å². The van der Waals surface area contributed by atoms with Crippen LogP contribution in [0.4, 0.5) is 0 Å². The Balaban J connectivity index is 0.000000140. The molecule has 8 nitrogen and oxygen atoms in total. The fraction of sp³-hybridized carbons (Fsp3) is 0. The van der Waals surface area contributed by atoms with E-state index >= 15 is 0 Å². The summed E-state index contributed by atoms with van der Waals surface area (Å²) in [5.41, 5.74) is 28.3. The van der Waals surface area contributed by atoms with Gasteiger partial charge in [0.1, 0.15) is 0 Å². The molecule has 0 spiro atoms. The van der Waals surface area contributed by atoms with Gasteiger partial charge in [0.15, 0.2) is 11.6 Å². The van der Waals surface area contributed by atoms with Crippen molar-refractivity contribution in [2.45, 2.75) is 0 Å². The summed E-state index contributed by atoms with van der Waals surface area (Å²) in [6, 6.07) is 156. The number of nitrogens with zero attached hydrogens (tertiary/aromatic N) is 8. The molecule has 560 valence electrons. The van der Waals surface area contributed by atoms with Crippen molar-refractivity contribution < 1.29 is 0 Å². The van der Waals surface area contributed by atoms with Gasteiger partial charge in [0.2, 0.25) is 0 Å². The van der Waals surface area contributed by atoms with Crippen molar-refractivity contribution in [1.82, 2.24) is 38.2 Å². The van der Waals surface area contributed by atoms with E-state index in [1.807, 2.05) is 24.3 Å². The second kappa shape index (κ2) is 29.0. The maximum Gasteiger partial charge on any atom is 0.160 e. The Hall–Kier alpha value is -16.2. The van der Waals surface area contributed by atoms with Gasteiger partial charge in [-0.15, -0.1) is 0 Å². The SMILES string of the molecule is c1ccc(-c2cc(-c3cccc4ccccc34)nc(-c3ccc(-n4c5ccccc5c5ccc6c(c7ccccc7n6-c6cccc7ccccc67)c54)cc3)n2)cc1.c1ccc(-c2cccc(-c3cc(-c4ccc(-n5c6ccccc6c6ccc7c(c8ccccc8n7-c7cccc(-c8ccccc8)c7)c65)cc4)nc(-c4ccccc4)n3)c2)cc1. The second-order valence-corrected chi connectivity index (χ2v) is 30.8. The molecular weight excluding hydrogens is 1460 g/mol. The van der Waals surface area contributed by atoms with Gasteiger partial charge in [-0.3, -0.25) is 0 Å². The van der Waals surface area contributed by atoms with E-state index in [1.54, 1.807) is 0 Å². The summed E-state index contributed by atoms with van der Waals surface area (Å²) in [5, 5.41) is 14.6. The Bertz CT molecular complexity index is 8110. The van der Waals surface area contributed by atoms with Gasteiger partial charge in [-0.2, -0.15) is 0 Å². The minimum atomic E-state index is 0.693. The molecule has 0 aliphatic heterocycles. The monoisotopic (exact) mass is 1530 g/mol. The van der Waals surface area contributed by atoms with Crippen LogP contribution in [0.25, 0.3) is 222 Å². The molecule has 0 atom stereocenters. The second-order valence-electron chi connectivity index (χ2n) is 30.8. The van der Waals surface area contributed by atoms with E-state index in [0.29, 0.717) is 11.6 Å². The van der Waals surface area contributed by atoms with Crippen LogP contribution in [-0.2, 0) is 0 Å². The van der Waals surface area contributed by atoms with Crippen molar-refractivity contribution in [2.75, 3.05) is 0 Å². The number of hydrogen-bond acceptors (Lipinski definition) is 4. The largest absolute Gasteiger partial charge is 0.309 e. The standard InChI is InChI=1S/C58H38N4.C54H34N4/c1-4-16-39(17-5-1)43-22-14-24-45(36-43)52-38-51(59-58(60-52)42-20-8-3-9-21-42)41-30-32-46(33-31-41)62-53-28-12-10-26-48(53)49-34-35-55-56(57(49)62)50-27-11-13-29-54(50)61(55)47-25-15-23-44(37-47)40-18-6-2-7-19-40;1-2-16-37(17-3-1)46-34-47(42-24-12-18-35-14-4-6-20-40(35)42)56-54(55-46)38-28-30-39(31-29-38)57-49-25-10-8-22-43(49)44-32-33-51-52(53(44)57)45-23-9-11-26-50(45)58(51)48-27-13-19-36-15-5-7-21-41(36)48/h1-38H;1-34H. The van der Waals surface area contributed by atoms with Gasteiger partial charge in [0.25, 0.3) is 0 Å². The Morgan fingerprint density at radius 3 is 1.09 bits per heavy atom. The molecule has 0 saturated carbocycles. The molecule has 0 N–H and O–H groups in total. The van der Waals surface area contributed by atoms with Crippen LogP contribution >= 0.6 is 0 Å². The maximum atomic E-state index is 5.25. The van der Waals surface area contributed by atoms with Crippen LogP contribution in [0.2, 0.25) is 0 Å². The Kier molecular flexibility index (Phi) is 16.7. The number of benzene rings is 18. The lowest BCUT2D eigenvalue weighted by molar-refractivity contribution is 1.17. The van der Waals surface area contributed by atoms with Gasteiger partial charge >= 0.3 is 0 Å². The third-order valence-electron chi connectivity index (χ3n) is 23.8. The molecule has 0 fully saturated rings. The van der Waals surface area contributed by atoms with E-state index in [-0.39, 0.29) is 0 Å². The molecule has 18 aromatic carbocycles. The van der Waals surface area contributed by atoms with Gasteiger partial charge in [-0.25, -0.2) is 19.9 Å². The van der Waals surface area contributed by atoms with Gasteiger partial charge in [0, 0.05) is 98.9 Å². The summed E-state index contributed by atoms with van der Waals surface area (Å²) in [7, 11) is 0. The van der Waals surface area contributed by atoms with Crippen LogP contribution in [0.1, 0.15) is 0 Å². The van der Waals surface area contributed by atoms with E-state index in [1.165, 1.54) is 131 Å². The normalized spacial score (nSPS) is 11.7. The Labute approximate surface area is 692 Å². The van der Waals surface area contributed by atoms with E-state index in [9.17, 15) is 0 Å². The first kappa shape index (κ1) is 69.4. The zero-order chi connectivity index (χ0) is 79.1. The molecule has 0 bridgehead atoms. The smallest absolute Gasteiger partial charge is 0.160 e. The maximum absolute atomic E-state index is 5.25. The molecule has 24 aromatic rings. The molecule has 6 heterocycles. The Morgan fingerprint density at radius 2 is 0.525 bits per heavy atom. The lowest BCUT2D eigenvalue weighted by atomic mass is 10.0. The van der Waals surface area contributed by atoms with Crippen LogP contribution in [0.3, 0.4) is 0 Å². The molecular formula is C112H72N8. The lowest BCUT2D eigenvalue weighted by Gasteiger charge is -2.13. The van der Waals surface area contributed by atoms with Crippen LogP contribution in [0, 0.1) is 0 Å². The quantitative estimate of drug-likeness (QED) is 0.122. The zero-order valence-electron chi connectivity index (χ0n) is 65.1. The average Bonchev–Trinajstić information content (AvgIpc) is 1.55. The lowest BCUT2D eigenvalue weighted by Crippen LogP contribution is -1.98. The van der Waals surface area contributed by atoms with Crippen molar-refractivity contribution in [1.29, 1.82) is 0 Å². The predicted molar refractivity (Wildman–Crippen MR) is 500 cm³/mol. The predicted octanol–water partition coefficient (Wildman–Crippen LogP) is 29.0. The minimum Gasteiger partial charge on any atom is -0.309 e. The van der Waals surface area contributed by atoms with E-state index in [2.05, 4.69) is 431 Å². The van der Waals surface area contributed by atoms with Crippen LogP contribution in [0.15, 0.2) is 437 Å². The highest BCUT2D eigenvalue weighted by molar-refractivity contribution is 6.28. The molecule has 0 saturated heterocycles. The van der Waals surface area contributed by atoms with Crippen LogP contribution < -0.4 is 0 Å². The van der Waals surface area contributed by atoms with Gasteiger partial charge in [-0.05, 0) is 148 Å². The number of fused-ring (bicyclic) bond motifs is 16. The molecule has 120 heavy (non-hydrogen) atoms. The van der Waals surface area contributed by atoms with Crippen molar-refractivity contribution in [3.05, 3.63) is 437 Å². The van der Waals surface area contributed by atoms with Gasteiger partial charge < -0.3 is 18.3 Å². The van der Waals surface area contributed by atoms with E-state index in [0.717, 1.165) is 78.8 Å². The minimum absolute atomic E-state index is 0.693. The molecule has 8 heteroatoms. The molecule has 0 aliphatic rings. The summed E-state index contributed by atoms with van der Waals surface area (Å²) in [4.78, 5) is 20.8. The fourth-order valence-corrected chi connectivity index (χ4v) is 18.4. The molecule has 0 amide bonds. The summed E-state index contributed by atoms with van der Waals surface area (Å²) in [5.74, 6) is 1.39. The molecule has 6 aromatic heterocycles. The first-order chi connectivity index (χ1) is 59.5. The van der Waals surface area contributed by atoms with Crippen molar-refractivity contribution in [2.24, 2.45) is 0 Å². The third-order valence-corrected chi connectivity index (χ3v) is 23.8. The first-order valence-corrected chi connectivity index (χ1v) is 40.8. The zero-order valence-corrected chi connectivity index (χ0v) is 65.1. The van der Waals surface area contributed by atoms with Gasteiger partial charge in [-0.1, -0.05) is 328 Å². The first-order valence-electron chi connectivity index (χ1n) is 40.8. The fourth-order valence-electron chi connectivity index (χ4n) is 18.4. The molecule has 24 rings (SSSR count). The highest BCUT2D eigenvalue weighted by atomic mass is 15.0. The average molecular weight is 1530 g/mol. The summed E-state index contributed by atoms with van der Waals surface area (Å²) in [6.07, 6.45) is 0. The van der Waals surface area contributed by atoms with Crippen LogP contribution in [-0.4, -0.2) is 38.2 Å². The highest BCUT2D eigenvalue weighted by Crippen LogP contribution is 2.47. The molecule has 0 radical (unpaired) electrons. The van der Waals surface area contributed by atoms with Crippen molar-refractivity contribution in [3.63, 3.8) is 0 Å². The van der Waals surface area contributed by atoms with E-state index < -0.39 is 0 Å². The van der Waals surface area contributed by atoms with E-state index in [4.69, 9.17) is 19.9 Å². The number of hydrogen-bond donors (Lipinski definition) is 0. The summed E-state index contributed by atoms with van der Waals surface area (Å²) in [6.45, 7) is 0. The number of para-hydroxylation sites is 4. The summed E-state index contributed by atoms with van der Waals surface area (Å²) >= 11 is 0. The number of rotatable bonds is 12. The Morgan fingerprint density at radius 1 is 0.167 bits per heavy atom.